The monoisotopic (exact) mass is 379 g/mol. The van der Waals surface area contributed by atoms with Gasteiger partial charge in [-0.15, -0.1) is 0 Å². The molecular weight excluding hydrogens is 362 g/mol. The van der Waals surface area contributed by atoms with E-state index in [0.717, 1.165) is 11.3 Å². The molecule has 0 radical (unpaired) electrons. The summed E-state index contributed by atoms with van der Waals surface area (Å²) >= 11 is 0. The number of esters is 1. The minimum atomic E-state index is -0.498. The zero-order valence-corrected chi connectivity index (χ0v) is 15.1. The van der Waals surface area contributed by atoms with Crippen LogP contribution in [0.25, 0.3) is 10.9 Å². The van der Waals surface area contributed by atoms with Gasteiger partial charge >= 0.3 is 5.97 Å². The lowest BCUT2D eigenvalue weighted by atomic mass is 10.0. The van der Waals surface area contributed by atoms with E-state index in [4.69, 9.17) is 4.74 Å². The average Bonchev–Trinajstić information content (AvgIpc) is 3.02. The first-order chi connectivity index (χ1) is 13.5. The molecule has 1 aromatic heterocycles. The van der Waals surface area contributed by atoms with Crippen LogP contribution in [-0.4, -0.2) is 35.0 Å². The minimum absolute atomic E-state index is 0.0524. The Hall–Kier alpha value is -3.68. The van der Waals surface area contributed by atoms with Crippen LogP contribution in [0, 0.1) is 10.1 Å². The van der Waals surface area contributed by atoms with Crippen molar-refractivity contribution in [1.82, 2.24) is 4.57 Å². The smallest absolute Gasteiger partial charge is 0.325 e. The highest BCUT2D eigenvalue weighted by atomic mass is 16.6. The van der Waals surface area contributed by atoms with E-state index in [1.54, 1.807) is 15.5 Å². The Morgan fingerprint density at radius 1 is 1.21 bits per heavy atom. The van der Waals surface area contributed by atoms with Gasteiger partial charge in [0.2, 0.25) is 0 Å². The Bertz CT molecular complexity index is 1100. The quantitative estimate of drug-likeness (QED) is 0.395. The summed E-state index contributed by atoms with van der Waals surface area (Å²) < 4.78 is 6.37. The minimum Gasteiger partial charge on any atom is -0.468 e. The number of fused-ring (bicyclic) bond motifs is 3. The van der Waals surface area contributed by atoms with Gasteiger partial charge in [-0.05, 0) is 30.2 Å². The first kappa shape index (κ1) is 17.7. The summed E-state index contributed by atoms with van der Waals surface area (Å²) in [5.41, 5.74) is 2.41. The molecule has 2 aromatic carbocycles. The van der Waals surface area contributed by atoms with Crippen LogP contribution >= 0.6 is 0 Å². The van der Waals surface area contributed by atoms with Gasteiger partial charge in [-0.1, -0.05) is 18.2 Å². The van der Waals surface area contributed by atoms with E-state index in [9.17, 15) is 19.7 Å². The van der Waals surface area contributed by atoms with Crippen LogP contribution in [0.15, 0.2) is 48.5 Å². The number of aromatic nitrogens is 1. The third-order valence-corrected chi connectivity index (χ3v) is 4.98. The third kappa shape index (κ3) is 2.79. The van der Waals surface area contributed by atoms with Crippen molar-refractivity contribution < 1.29 is 19.2 Å². The molecule has 0 fully saturated rings. The van der Waals surface area contributed by atoms with Crippen molar-refractivity contribution in [3.05, 3.63) is 69.9 Å². The number of carbonyl (C=O) groups excluding carboxylic acids is 2. The second-order valence-corrected chi connectivity index (χ2v) is 6.49. The van der Waals surface area contributed by atoms with Crippen LogP contribution in [0.3, 0.4) is 0 Å². The lowest BCUT2D eigenvalue weighted by Gasteiger charge is -2.28. The summed E-state index contributed by atoms with van der Waals surface area (Å²) in [5.74, 6) is -0.738. The second-order valence-electron chi connectivity index (χ2n) is 6.49. The Kier molecular flexibility index (Phi) is 4.31. The van der Waals surface area contributed by atoms with Crippen molar-refractivity contribution in [2.75, 3.05) is 18.6 Å². The van der Waals surface area contributed by atoms with Crippen molar-refractivity contribution in [3.63, 3.8) is 0 Å². The molecule has 0 spiro atoms. The summed E-state index contributed by atoms with van der Waals surface area (Å²) in [6.45, 7) is 0.310. The van der Waals surface area contributed by atoms with Crippen LogP contribution in [-0.2, 0) is 22.5 Å². The number of hydrogen-bond acceptors (Lipinski definition) is 5. The molecule has 8 heteroatoms. The van der Waals surface area contributed by atoms with Crippen LogP contribution < -0.4 is 4.90 Å². The summed E-state index contributed by atoms with van der Waals surface area (Å²) in [6, 6.07) is 13.7. The molecule has 0 bridgehead atoms. The Morgan fingerprint density at radius 3 is 2.64 bits per heavy atom. The van der Waals surface area contributed by atoms with Gasteiger partial charge in [-0.3, -0.25) is 19.7 Å². The number of nitrogens with zero attached hydrogens (tertiary/aromatic N) is 3. The van der Waals surface area contributed by atoms with Crippen molar-refractivity contribution in [2.45, 2.75) is 13.0 Å². The second kappa shape index (κ2) is 6.80. The van der Waals surface area contributed by atoms with Crippen molar-refractivity contribution >= 4 is 34.2 Å². The molecule has 142 valence electrons. The molecule has 0 N–H and O–H groups in total. The molecule has 1 amide bonds. The maximum absolute atomic E-state index is 13.3. The van der Waals surface area contributed by atoms with Crippen molar-refractivity contribution in [2.24, 2.45) is 0 Å². The molecule has 0 aliphatic carbocycles. The fourth-order valence-corrected chi connectivity index (χ4v) is 3.69. The van der Waals surface area contributed by atoms with Gasteiger partial charge in [0, 0.05) is 35.3 Å². The van der Waals surface area contributed by atoms with Gasteiger partial charge < -0.3 is 14.2 Å². The van der Waals surface area contributed by atoms with Gasteiger partial charge in [0.05, 0.1) is 12.0 Å². The summed E-state index contributed by atoms with van der Waals surface area (Å²) in [4.78, 5) is 37.7. The molecule has 0 saturated carbocycles. The molecular formula is C20H17N3O5. The molecule has 2 heterocycles. The van der Waals surface area contributed by atoms with Crippen molar-refractivity contribution in [1.29, 1.82) is 0 Å². The molecule has 0 atom stereocenters. The van der Waals surface area contributed by atoms with Crippen LogP contribution in [0.1, 0.15) is 16.1 Å². The number of non-ortho nitro benzene ring substituents is 1. The van der Waals surface area contributed by atoms with Crippen LogP contribution in [0.5, 0.6) is 0 Å². The van der Waals surface area contributed by atoms with E-state index in [-0.39, 0.29) is 18.1 Å². The first-order valence-electron chi connectivity index (χ1n) is 8.74. The number of nitro benzene ring substituents is 1. The zero-order chi connectivity index (χ0) is 19.8. The van der Waals surface area contributed by atoms with Crippen LogP contribution in [0.4, 0.5) is 11.4 Å². The van der Waals surface area contributed by atoms with Gasteiger partial charge in [0.1, 0.15) is 12.2 Å². The summed E-state index contributed by atoms with van der Waals surface area (Å²) in [7, 11) is 1.28. The van der Waals surface area contributed by atoms with E-state index >= 15 is 0 Å². The van der Waals surface area contributed by atoms with E-state index in [1.807, 2.05) is 30.3 Å². The zero-order valence-electron chi connectivity index (χ0n) is 15.1. The molecule has 4 rings (SSSR count). The van der Waals surface area contributed by atoms with Crippen molar-refractivity contribution in [3.8, 4) is 0 Å². The van der Waals surface area contributed by atoms with E-state index < -0.39 is 10.9 Å². The third-order valence-electron chi connectivity index (χ3n) is 4.98. The highest BCUT2D eigenvalue weighted by Crippen LogP contribution is 2.34. The van der Waals surface area contributed by atoms with E-state index in [2.05, 4.69) is 0 Å². The number of carbonyl (C=O) groups is 2. The number of rotatable bonds is 4. The van der Waals surface area contributed by atoms with Gasteiger partial charge in [0.15, 0.2) is 0 Å². The Morgan fingerprint density at radius 2 is 1.96 bits per heavy atom. The molecule has 8 nitrogen and oxygen atoms in total. The predicted molar refractivity (Wildman–Crippen MR) is 102 cm³/mol. The number of hydrogen-bond donors (Lipinski definition) is 0. The lowest BCUT2D eigenvalue weighted by molar-refractivity contribution is -0.384. The van der Waals surface area contributed by atoms with Gasteiger partial charge in [-0.2, -0.15) is 0 Å². The molecule has 0 saturated heterocycles. The first-order valence-corrected chi connectivity index (χ1v) is 8.74. The molecule has 3 aromatic rings. The van der Waals surface area contributed by atoms with Gasteiger partial charge in [0.25, 0.3) is 11.6 Å². The lowest BCUT2D eigenvalue weighted by Crippen LogP contribution is -2.39. The average molecular weight is 379 g/mol. The number of amides is 1. The number of anilines is 1. The molecule has 28 heavy (non-hydrogen) atoms. The molecule has 1 aliphatic rings. The normalized spacial score (nSPS) is 13.5. The largest absolute Gasteiger partial charge is 0.468 e. The van der Waals surface area contributed by atoms with Gasteiger partial charge in [-0.25, -0.2) is 0 Å². The molecule has 0 unspecified atom stereocenters. The number of benzene rings is 2. The van der Waals surface area contributed by atoms with E-state index in [0.29, 0.717) is 29.6 Å². The predicted octanol–water partition coefficient (Wildman–Crippen LogP) is 2.93. The van der Waals surface area contributed by atoms with E-state index in [1.165, 1.54) is 19.2 Å². The fraction of sp³-hybridized carbons (Fsp3) is 0.200. The maximum Gasteiger partial charge on any atom is 0.325 e. The number of para-hydroxylation sites is 1. The Balaban J connectivity index is 1.91. The number of nitro groups is 1. The topological polar surface area (TPSA) is 94.7 Å². The standard InChI is InChI=1S/C20H17N3O5/c1-28-18(24)12-22-17-8-7-14(23(26)27)11-16(17)15-9-10-21(20(25)19(15)22)13-5-3-2-4-6-13/h2-8,11H,9-10,12H2,1H3. The maximum atomic E-state index is 13.3. The van der Waals surface area contributed by atoms with Crippen LogP contribution in [0.2, 0.25) is 0 Å². The number of methoxy groups -OCH3 is 1. The summed E-state index contributed by atoms with van der Waals surface area (Å²) in [6.07, 6.45) is 0.530. The Labute approximate surface area is 160 Å². The number of ether oxygens (including phenoxy) is 1. The SMILES string of the molecule is COC(=O)Cn1c2c(c3cc([N+](=O)[O-])ccc31)CCN(c1ccccc1)C2=O. The highest BCUT2D eigenvalue weighted by molar-refractivity contribution is 6.11. The fourth-order valence-electron chi connectivity index (χ4n) is 3.69. The highest BCUT2D eigenvalue weighted by Gasteiger charge is 2.33. The molecule has 1 aliphatic heterocycles. The summed E-state index contributed by atoms with van der Waals surface area (Å²) in [5, 5.41) is 11.8.